The Bertz CT molecular complexity index is 978. The van der Waals surface area contributed by atoms with Gasteiger partial charge in [-0.1, -0.05) is 61.9 Å². The van der Waals surface area contributed by atoms with Crippen LogP contribution in [0.3, 0.4) is 0 Å². The molecule has 0 spiro atoms. The van der Waals surface area contributed by atoms with Gasteiger partial charge in [0.15, 0.2) is 0 Å². The summed E-state index contributed by atoms with van der Waals surface area (Å²) in [6, 6.07) is 16.9. The third-order valence-corrected chi connectivity index (χ3v) is 5.25. The van der Waals surface area contributed by atoms with E-state index in [1.807, 2.05) is 12.1 Å². The number of benzene rings is 3. The molecule has 2 nitrogen and oxygen atoms in total. The summed E-state index contributed by atoms with van der Waals surface area (Å²) in [5, 5.41) is 4.52. The predicted molar refractivity (Wildman–Crippen MR) is 103 cm³/mol. The standard InChI is InChI=1S/C23H22O2/c1-15(2)23(24)25-22-19(16-7-3-4-8-16)13-14-20-18-10-6-5-9-17(18)11-12-21(20)22/h5-6,9-14,16H,1,3-4,7-8H2,2H3. The summed E-state index contributed by atoms with van der Waals surface area (Å²) in [4.78, 5) is 12.3. The Morgan fingerprint density at radius 2 is 1.68 bits per heavy atom. The molecule has 4 rings (SSSR count). The lowest BCUT2D eigenvalue weighted by Gasteiger charge is -2.18. The molecule has 0 radical (unpaired) electrons. The van der Waals surface area contributed by atoms with Crippen LogP contribution in [-0.2, 0) is 4.79 Å². The second-order valence-electron chi connectivity index (χ2n) is 7.02. The summed E-state index contributed by atoms with van der Waals surface area (Å²) in [6.07, 6.45) is 4.82. The zero-order valence-electron chi connectivity index (χ0n) is 14.5. The number of ether oxygens (including phenoxy) is 1. The number of hydrogen-bond acceptors (Lipinski definition) is 2. The summed E-state index contributed by atoms with van der Waals surface area (Å²) in [7, 11) is 0. The van der Waals surface area contributed by atoms with Crippen LogP contribution in [0.4, 0.5) is 0 Å². The Morgan fingerprint density at radius 3 is 2.44 bits per heavy atom. The third kappa shape index (κ3) is 2.82. The number of fused-ring (bicyclic) bond motifs is 3. The van der Waals surface area contributed by atoms with E-state index in [-0.39, 0.29) is 5.97 Å². The first-order chi connectivity index (χ1) is 12.1. The van der Waals surface area contributed by atoms with Crippen LogP contribution in [0.5, 0.6) is 5.75 Å². The molecule has 2 heteroatoms. The van der Waals surface area contributed by atoms with Gasteiger partial charge < -0.3 is 4.74 Å². The minimum absolute atomic E-state index is 0.347. The number of esters is 1. The molecule has 0 aromatic heterocycles. The summed E-state index contributed by atoms with van der Waals surface area (Å²) >= 11 is 0. The first-order valence-corrected chi connectivity index (χ1v) is 8.97. The van der Waals surface area contributed by atoms with Crippen molar-refractivity contribution >= 4 is 27.5 Å². The average Bonchev–Trinajstić information content (AvgIpc) is 3.16. The Labute approximate surface area is 148 Å². The average molecular weight is 330 g/mol. The Kier molecular flexibility index (Phi) is 4.04. The molecule has 0 saturated heterocycles. The van der Waals surface area contributed by atoms with Crippen molar-refractivity contribution in [3.63, 3.8) is 0 Å². The van der Waals surface area contributed by atoms with Crippen molar-refractivity contribution in [3.05, 3.63) is 66.2 Å². The maximum atomic E-state index is 12.3. The Hall–Kier alpha value is -2.61. The van der Waals surface area contributed by atoms with E-state index in [1.54, 1.807) is 6.92 Å². The van der Waals surface area contributed by atoms with Gasteiger partial charge in [-0.15, -0.1) is 0 Å². The molecule has 1 fully saturated rings. The summed E-state index contributed by atoms with van der Waals surface area (Å²) < 4.78 is 5.84. The van der Waals surface area contributed by atoms with E-state index in [0.717, 1.165) is 34.9 Å². The number of hydrogen-bond donors (Lipinski definition) is 0. The van der Waals surface area contributed by atoms with E-state index in [4.69, 9.17) is 4.74 Å². The van der Waals surface area contributed by atoms with Crippen LogP contribution in [-0.4, -0.2) is 5.97 Å². The van der Waals surface area contributed by atoms with Crippen molar-refractivity contribution in [2.45, 2.75) is 38.5 Å². The summed E-state index contributed by atoms with van der Waals surface area (Å²) in [5.74, 6) is 0.854. The van der Waals surface area contributed by atoms with Gasteiger partial charge in [0.1, 0.15) is 5.75 Å². The van der Waals surface area contributed by atoms with Crippen LogP contribution in [0.1, 0.15) is 44.1 Å². The molecule has 1 saturated carbocycles. The minimum Gasteiger partial charge on any atom is -0.422 e. The van der Waals surface area contributed by atoms with E-state index >= 15 is 0 Å². The summed E-state index contributed by atoms with van der Waals surface area (Å²) in [5.41, 5.74) is 1.59. The zero-order valence-corrected chi connectivity index (χ0v) is 14.5. The molecule has 1 aliphatic carbocycles. The highest BCUT2D eigenvalue weighted by Crippen LogP contribution is 2.43. The molecule has 3 aromatic rings. The molecule has 0 heterocycles. The van der Waals surface area contributed by atoms with Gasteiger partial charge in [0.25, 0.3) is 0 Å². The second kappa shape index (κ2) is 6.36. The number of carbonyl (C=O) groups is 1. The van der Waals surface area contributed by atoms with Gasteiger partial charge in [0.2, 0.25) is 0 Å². The molecule has 1 aliphatic rings. The topological polar surface area (TPSA) is 26.3 Å². The predicted octanol–water partition coefficient (Wildman–Crippen LogP) is 6.13. The van der Waals surface area contributed by atoms with E-state index in [2.05, 4.69) is 43.0 Å². The lowest BCUT2D eigenvalue weighted by molar-refractivity contribution is -0.130. The largest absolute Gasteiger partial charge is 0.422 e. The number of rotatable bonds is 3. The SMILES string of the molecule is C=C(C)C(=O)Oc1c(C2CCCC2)ccc2c1ccc1ccccc12. The molecule has 0 bridgehead atoms. The van der Waals surface area contributed by atoms with Gasteiger partial charge in [-0.3, -0.25) is 0 Å². The van der Waals surface area contributed by atoms with Crippen molar-refractivity contribution in [3.8, 4) is 5.75 Å². The van der Waals surface area contributed by atoms with Crippen LogP contribution < -0.4 is 4.74 Å². The molecule has 0 atom stereocenters. The van der Waals surface area contributed by atoms with Crippen molar-refractivity contribution < 1.29 is 9.53 Å². The van der Waals surface area contributed by atoms with E-state index < -0.39 is 0 Å². The lowest BCUT2D eigenvalue weighted by atomic mass is 9.92. The van der Waals surface area contributed by atoms with Crippen molar-refractivity contribution in [1.82, 2.24) is 0 Å². The van der Waals surface area contributed by atoms with Crippen LogP contribution in [0.2, 0.25) is 0 Å². The normalized spacial score (nSPS) is 14.9. The molecule has 0 aliphatic heterocycles. The fourth-order valence-electron chi connectivity index (χ4n) is 3.93. The molecule has 0 N–H and O–H groups in total. The minimum atomic E-state index is -0.347. The van der Waals surface area contributed by atoms with Crippen LogP contribution in [0.25, 0.3) is 21.5 Å². The zero-order chi connectivity index (χ0) is 17.4. The molecule has 25 heavy (non-hydrogen) atoms. The van der Waals surface area contributed by atoms with E-state index in [0.29, 0.717) is 11.5 Å². The van der Waals surface area contributed by atoms with Gasteiger partial charge >= 0.3 is 5.97 Å². The number of carbonyl (C=O) groups excluding carboxylic acids is 1. The molecule has 0 unspecified atom stereocenters. The monoisotopic (exact) mass is 330 g/mol. The molecular formula is C23H22O2. The van der Waals surface area contributed by atoms with Crippen molar-refractivity contribution in [2.24, 2.45) is 0 Å². The second-order valence-corrected chi connectivity index (χ2v) is 7.02. The first-order valence-electron chi connectivity index (χ1n) is 8.97. The van der Waals surface area contributed by atoms with Gasteiger partial charge in [0, 0.05) is 11.0 Å². The van der Waals surface area contributed by atoms with Gasteiger partial charge in [-0.25, -0.2) is 4.79 Å². The van der Waals surface area contributed by atoms with Gasteiger partial charge in [-0.2, -0.15) is 0 Å². The molecule has 3 aromatic carbocycles. The van der Waals surface area contributed by atoms with Crippen molar-refractivity contribution in [2.75, 3.05) is 0 Å². The van der Waals surface area contributed by atoms with Crippen molar-refractivity contribution in [1.29, 1.82) is 0 Å². The fourth-order valence-corrected chi connectivity index (χ4v) is 3.93. The van der Waals surface area contributed by atoms with Crippen LogP contribution in [0, 0.1) is 0 Å². The third-order valence-electron chi connectivity index (χ3n) is 5.25. The highest BCUT2D eigenvalue weighted by atomic mass is 16.5. The highest BCUT2D eigenvalue weighted by molar-refractivity contribution is 6.10. The Morgan fingerprint density at radius 1 is 0.960 bits per heavy atom. The quantitative estimate of drug-likeness (QED) is 0.250. The lowest BCUT2D eigenvalue weighted by Crippen LogP contribution is -2.11. The maximum Gasteiger partial charge on any atom is 0.338 e. The first kappa shape index (κ1) is 15.9. The smallest absolute Gasteiger partial charge is 0.338 e. The molecule has 0 amide bonds. The maximum absolute atomic E-state index is 12.3. The van der Waals surface area contributed by atoms with Crippen LogP contribution in [0.15, 0.2) is 60.7 Å². The highest BCUT2D eigenvalue weighted by Gasteiger charge is 2.24. The van der Waals surface area contributed by atoms with E-state index in [1.165, 1.54) is 23.6 Å². The van der Waals surface area contributed by atoms with Gasteiger partial charge in [-0.05, 0) is 53.5 Å². The summed E-state index contributed by atoms with van der Waals surface area (Å²) in [6.45, 7) is 5.43. The van der Waals surface area contributed by atoms with Crippen LogP contribution >= 0.6 is 0 Å². The molecule has 126 valence electrons. The van der Waals surface area contributed by atoms with Gasteiger partial charge in [0.05, 0.1) is 0 Å². The molecular weight excluding hydrogens is 308 g/mol. The Balaban J connectivity index is 1.96. The van der Waals surface area contributed by atoms with E-state index in [9.17, 15) is 4.79 Å². The fraction of sp³-hybridized carbons (Fsp3) is 0.261.